The Hall–Kier alpha value is -3.67. The molecule has 0 aliphatic rings. The predicted octanol–water partition coefficient (Wildman–Crippen LogP) is 24.0. The molecule has 0 radical (unpaired) electrons. The van der Waals surface area contributed by atoms with Gasteiger partial charge in [0.1, 0.15) is 13.2 Å². The number of ether oxygens (including phenoxy) is 3. The van der Waals surface area contributed by atoms with Crippen LogP contribution in [0.1, 0.15) is 342 Å². The molecule has 0 fully saturated rings. The molecular weight excluding hydrogens is 997 g/mol. The smallest absolute Gasteiger partial charge is 0.306 e. The fourth-order valence-corrected chi connectivity index (χ4v) is 9.93. The summed E-state index contributed by atoms with van der Waals surface area (Å²) in [7, 11) is 0. The van der Waals surface area contributed by atoms with Crippen molar-refractivity contribution in [3.05, 3.63) is 97.2 Å². The lowest BCUT2D eigenvalue weighted by Crippen LogP contribution is -2.30. The molecule has 0 rings (SSSR count). The van der Waals surface area contributed by atoms with E-state index >= 15 is 0 Å². The van der Waals surface area contributed by atoms with Gasteiger partial charge in [0.2, 0.25) is 0 Å². The minimum atomic E-state index is -0.775. The molecule has 0 N–H and O–H groups in total. The SMILES string of the molecule is CC/C=C\C/C=C\C/C=C\C/C=C\C/C=C\C/C=C\C/C=C\C/C=C\CCCCCCCCCCCCC(=O)OCC(COC(=O)CCCCCCCCCCCCCCCC)OC(=O)CCCCCCCCCCCCCCCC. The van der Waals surface area contributed by atoms with Gasteiger partial charge >= 0.3 is 17.9 Å². The van der Waals surface area contributed by atoms with Crippen molar-refractivity contribution in [2.45, 2.75) is 348 Å². The van der Waals surface area contributed by atoms with Gasteiger partial charge in [0.15, 0.2) is 6.10 Å². The minimum absolute atomic E-state index is 0.0721. The van der Waals surface area contributed by atoms with Crippen LogP contribution >= 0.6 is 0 Å². The van der Waals surface area contributed by atoms with Crippen LogP contribution in [0, 0.1) is 0 Å². The maximum atomic E-state index is 12.9. The van der Waals surface area contributed by atoms with Gasteiger partial charge in [0.25, 0.3) is 0 Å². The molecule has 466 valence electrons. The van der Waals surface area contributed by atoms with Gasteiger partial charge in [-0.3, -0.25) is 14.4 Å². The number of allylic oxidation sites excluding steroid dienone is 16. The molecule has 0 bridgehead atoms. The van der Waals surface area contributed by atoms with E-state index in [0.717, 1.165) is 109 Å². The summed E-state index contributed by atoms with van der Waals surface area (Å²) in [5.74, 6) is -0.859. The number of hydrogen-bond donors (Lipinski definition) is 0. The topological polar surface area (TPSA) is 78.9 Å². The summed E-state index contributed by atoms with van der Waals surface area (Å²) in [6, 6.07) is 0. The highest BCUT2D eigenvalue weighted by Gasteiger charge is 2.19. The predicted molar refractivity (Wildman–Crippen MR) is 353 cm³/mol. The lowest BCUT2D eigenvalue weighted by Gasteiger charge is -2.18. The van der Waals surface area contributed by atoms with Crippen LogP contribution in [0.2, 0.25) is 0 Å². The summed E-state index contributed by atoms with van der Waals surface area (Å²) in [6.07, 6.45) is 92.8. The highest BCUT2D eigenvalue weighted by molar-refractivity contribution is 5.71. The number of hydrogen-bond acceptors (Lipinski definition) is 6. The lowest BCUT2D eigenvalue weighted by molar-refractivity contribution is -0.167. The van der Waals surface area contributed by atoms with Gasteiger partial charge in [-0.15, -0.1) is 0 Å². The molecule has 0 spiro atoms. The summed E-state index contributed by atoms with van der Waals surface area (Å²) in [5, 5.41) is 0. The molecule has 0 aromatic heterocycles. The quantitative estimate of drug-likeness (QED) is 0.0261. The first-order valence-electron chi connectivity index (χ1n) is 34.7. The third-order valence-corrected chi connectivity index (χ3v) is 15.1. The van der Waals surface area contributed by atoms with Crippen molar-refractivity contribution in [2.75, 3.05) is 13.2 Å². The molecule has 1 unspecified atom stereocenters. The monoisotopic (exact) mass is 1130 g/mol. The van der Waals surface area contributed by atoms with Gasteiger partial charge in [-0.2, -0.15) is 0 Å². The minimum Gasteiger partial charge on any atom is -0.462 e. The second-order valence-corrected chi connectivity index (χ2v) is 23.1. The Kier molecular flexibility index (Phi) is 65.7. The zero-order valence-electron chi connectivity index (χ0n) is 53.5. The Balaban J connectivity index is 4.19. The standard InChI is InChI=1S/C75H130O6/c1-4-7-10-13-16-19-22-25-28-29-30-31-32-33-34-35-36-37-38-39-40-41-42-43-44-45-46-47-48-51-53-56-59-62-65-68-74(77)80-71-72(81-75(78)69-66-63-60-57-54-50-27-24-21-18-15-12-9-6-3)70-79-73(76)67-64-61-58-55-52-49-26-23-20-17-14-11-8-5-2/h7,10,16,19,25,28,30-31,33-34,36-37,39-40,42-43,72H,4-6,8-9,11-15,17-18,20-24,26-27,29,32,35,38,41,44-71H2,1-3H3/b10-7-,19-16-,28-25-,31-30-,34-33-,37-36-,40-39-,43-42-. The third-order valence-electron chi connectivity index (χ3n) is 15.1. The molecule has 0 aliphatic heterocycles. The van der Waals surface area contributed by atoms with Crippen LogP contribution in [-0.4, -0.2) is 37.2 Å². The fourth-order valence-electron chi connectivity index (χ4n) is 9.93. The summed E-state index contributed by atoms with van der Waals surface area (Å²) in [5.41, 5.74) is 0. The van der Waals surface area contributed by atoms with Crippen molar-refractivity contribution in [3.63, 3.8) is 0 Å². The number of carbonyl (C=O) groups is 3. The maximum Gasteiger partial charge on any atom is 0.306 e. The van der Waals surface area contributed by atoms with Gasteiger partial charge in [-0.1, -0.05) is 336 Å². The molecule has 6 heteroatoms. The van der Waals surface area contributed by atoms with Gasteiger partial charge in [-0.05, 0) is 83.5 Å². The Morgan fingerprint density at radius 1 is 0.259 bits per heavy atom. The number of rotatable bonds is 63. The highest BCUT2D eigenvalue weighted by Crippen LogP contribution is 2.17. The van der Waals surface area contributed by atoms with E-state index in [-0.39, 0.29) is 31.1 Å². The average molecular weight is 1130 g/mol. The van der Waals surface area contributed by atoms with E-state index in [1.807, 2.05) is 0 Å². The van der Waals surface area contributed by atoms with Gasteiger partial charge in [0, 0.05) is 19.3 Å². The maximum absolute atomic E-state index is 12.9. The lowest BCUT2D eigenvalue weighted by atomic mass is 10.0. The van der Waals surface area contributed by atoms with Gasteiger partial charge < -0.3 is 14.2 Å². The largest absolute Gasteiger partial charge is 0.462 e. The third kappa shape index (κ3) is 67.0. The van der Waals surface area contributed by atoms with E-state index in [1.54, 1.807) is 0 Å². The first-order chi connectivity index (χ1) is 40.0. The Labute approximate surface area is 502 Å². The van der Waals surface area contributed by atoms with Crippen molar-refractivity contribution >= 4 is 17.9 Å². The molecule has 0 amide bonds. The van der Waals surface area contributed by atoms with Crippen LogP contribution in [0.5, 0.6) is 0 Å². The van der Waals surface area contributed by atoms with Crippen LogP contribution in [0.3, 0.4) is 0 Å². The van der Waals surface area contributed by atoms with Crippen LogP contribution in [0.25, 0.3) is 0 Å². The van der Waals surface area contributed by atoms with Crippen molar-refractivity contribution in [3.8, 4) is 0 Å². The van der Waals surface area contributed by atoms with Gasteiger partial charge in [-0.25, -0.2) is 0 Å². The Bertz CT molecular complexity index is 1580. The molecule has 0 saturated carbocycles. The molecule has 0 heterocycles. The molecule has 81 heavy (non-hydrogen) atoms. The molecule has 0 aromatic carbocycles. The summed E-state index contributed by atoms with van der Waals surface area (Å²) >= 11 is 0. The molecule has 0 saturated heterocycles. The van der Waals surface area contributed by atoms with Crippen LogP contribution in [-0.2, 0) is 28.6 Å². The van der Waals surface area contributed by atoms with E-state index in [0.29, 0.717) is 19.3 Å². The fraction of sp³-hybridized carbons (Fsp3) is 0.747. The summed E-state index contributed by atoms with van der Waals surface area (Å²) < 4.78 is 17.0. The van der Waals surface area contributed by atoms with Crippen molar-refractivity contribution in [1.82, 2.24) is 0 Å². The highest BCUT2D eigenvalue weighted by atomic mass is 16.6. The number of carbonyl (C=O) groups excluding carboxylic acids is 3. The van der Waals surface area contributed by atoms with Gasteiger partial charge in [0.05, 0.1) is 0 Å². The molecule has 6 nitrogen and oxygen atoms in total. The second-order valence-electron chi connectivity index (χ2n) is 23.1. The molecule has 1 atom stereocenters. The van der Waals surface area contributed by atoms with Crippen LogP contribution in [0.4, 0.5) is 0 Å². The first kappa shape index (κ1) is 77.3. The second kappa shape index (κ2) is 68.8. The molecule has 0 aromatic rings. The molecule has 0 aliphatic carbocycles. The van der Waals surface area contributed by atoms with E-state index in [9.17, 15) is 14.4 Å². The summed E-state index contributed by atoms with van der Waals surface area (Å²) in [6.45, 7) is 6.56. The zero-order valence-corrected chi connectivity index (χ0v) is 53.5. The molecular formula is C75H130O6. The van der Waals surface area contributed by atoms with Crippen molar-refractivity contribution in [2.24, 2.45) is 0 Å². The normalized spacial score (nSPS) is 12.7. The Morgan fingerprint density at radius 3 is 0.753 bits per heavy atom. The van der Waals surface area contributed by atoms with E-state index in [1.165, 1.54) is 193 Å². The van der Waals surface area contributed by atoms with E-state index in [2.05, 4.69) is 118 Å². The van der Waals surface area contributed by atoms with Crippen LogP contribution in [0.15, 0.2) is 97.2 Å². The first-order valence-corrected chi connectivity index (χ1v) is 34.7. The summed E-state index contributed by atoms with van der Waals surface area (Å²) in [4.78, 5) is 38.3. The van der Waals surface area contributed by atoms with E-state index < -0.39 is 6.10 Å². The van der Waals surface area contributed by atoms with Crippen molar-refractivity contribution in [1.29, 1.82) is 0 Å². The van der Waals surface area contributed by atoms with Crippen molar-refractivity contribution < 1.29 is 28.6 Å². The van der Waals surface area contributed by atoms with E-state index in [4.69, 9.17) is 14.2 Å². The Morgan fingerprint density at radius 2 is 0.481 bits per heavy atom. The van der Waals surface area contributed by atoms with Crippen LogP contribution < -0.4 is 0 Å². The zero-order chi connectivity index (χ0) is 58.5. The number of unbranched alkanes of at least 4 members (excludes halogenated alkanes) is 36. The average Bonchev–Trinajstić information content (AvgIpc) is 3.47. The number of esters is 3.